The molecule has 0 radical (unpaired) electrons. The van der Waals surface area contributed by atoms with Gasteiger partial charge in [0.1, 0.15) is 6.29 Å². The lowest BCUT2D eigenvalue weighted by atomic mass is 9.94. The molecule has 0 saturated heterocycles. The number of aldehydes is 1. The first-order valence-corrected chi connectivity index (χ1v) is 4.85. The fourth-order valence-corrected chi connectivity index (χ4v) is 1.60. The van der Waals surface area contributed by atoms with Gasteiger partial charge in [-0.3, -0.25) is 9.59 Å². The first kappa shape index (κ1) is 11.9. The van der Waals surface area contributed by atoms with E-state index in [1.807, 2.05) is 13.0 Å². The summed E-state index contributed by atoms with van der Waals surface area (Å²) in [5, 5.41) is 17.7. The van der Waals surface area contributed by atoms with Gasteiger partial charge in [-0.15, -0.1) is 0 Å². The monoisotopic (exact) mass is 217 g/mol. The minimum absolute atomic E-state index is 0.274. The molecule has 1 rings (SSSR count). The Bertz CT molecular complexity index is 472. The standard InChI is InChI=1S/C12H11NO3/c1-2-8-3-4-9(7-14)10(5-12(15)16)11(8)6-13/h3-4,7H,2,5H2,1H3,(H,15,16). The van der Waals surface area contributed by atoms with E-state index in [0.29, 0.717) is 23.8 Å². The molecule has 0 amide bonds. The molecule has 0 aliphatic carbocycles. The summed E-state index contributed by atoms with van der Waals surface area (Å²) in [4.78, 5) is 21.5. The number of carboxylic acids is 1. The number of carbonyl (C=O) groups is 2. The maximum absolute atomic E-state index is 10.8. The summed E-state index contributed by atoms with van der Waals surface area (Å²) in [6.45, 7) is 1.88. The molecule has 16 heavy (non-hydrogen) atoms. The maximum atomic E-state index is 10.8. The zero-order chi connectivity index (χ0) is 12.1. The van der Waals surface area contributed by atoms with Crippen LogP contribution in [0.5, 0.6) is 0 Å². The largest absolute Gasteiger partial charge is 0.481 e. The highest BCUT2D eigenvalue weighted by atomic mass is 16.4. The van der Waals surface area contributed by atoms with Gasteiger partial charge in [0.25, 0.3) is 0 Å². The Kier molecular flexibility index (Phi) is 3.78. The zero-order valence-electron chi connectivity index (χ0n) is 8.86. The first-order valence-electron chi connectivity index (χ1n) is 4.85. The fourth-order valence-electron chi connectivity index (χ4n) is 1.60. The van der Waals surface area contributed by atoms with Crippen LogP contribution in [0.1, 0.15) is 34.0 Å². The quantitative estimate of drug-likeness (QED) is 0.776. The molecular weight excluding hydrogens is 206 g/mol. The van der Waals surface area contributed by atoms with Gasteiger partial charge in [0, 0.05) is 5.56 Å². The van der Waals surface area contributed by atoms with Crippen molar-refractivity contribution in [3.63, 3.8) is 0 Å². The van der Waals surface area contributed by atoms with Gasteiger partial charge < -0.3 is 5.11 Å². The number of carbonyl (C=O) groups excluding carboxylic acids is 1. The Morgan fingerprint density at radius 1 is 1.56 bits per heavy atom. The summed E-state index contributed by atoms with van der Waals surface area (Å²) in [5.41, 5.74) is 1.67. The topological polar surface area (TPSA) is 78.2 Å². The molecule has 4 heteroatoms. The van der Waals surface area contributed by atoms with Crippen LogP contribution in [-0.2, 0) is 17.6 Å². The van der Waals surface area contributed by atoms with E-state index < -0.39 is 5.97 Å². The van der Waals surface area contributed by atoms with Crippen LogP contribution in [0.4, 0.5) is 0 Å². The molecule has 0 aromatic heterocycles. The molecule has 0 heterocycles. The van der Waals surface area contributed by atoms with Crippen molar-refractivity contribution in [3.8, 4) is 6.07 Å². The number of aryl methyl sites for hydroxylation is 1. The highest BCUT2D eigenvalue weighted by Gasteiger charge is 2.14. The average Bonchev–Trinajstić information content (AvgIpc) is 2.27. The number of hydrogen-bond donors (Lipinski definition) is 1. The predicted molar refractivity (Wildman–Crippen MR) is 57.3 cm³/mol. The van der Waals surface area contributed by atoms with Crippen molar-refractivity contribution in [1.82, 2.24) is 0 Å². The molecule has 1 aromatic rings. The van der Waals surface area contributed by atoms with Gasteiger partial charge in [0.15, 0.2) is 0 Å². The predicted octanol–water partition coefficient (Wildman–Crippen LogP) is 1.56. The average molecular weight is 217 g/mol. The minimum atomic E-state index is -1.05. The third kappa shape index (κ3) is 2.26. The summed E-state index contributed by atoms with van der Waals surface area (Å²) in [6, 6.07) is 5.22. The molecule has 0 spiro atoms. The van der Waals surface area contributed by atoms with E-state index in [9.17, 15) is 9.59 Å². The molecule has 0 aliphatic rings. The van der Waals surface area contributed by atoms with Gasteiger partial charge >= 0.3 is 5.97 Å². The summed E-state index contributed by atoms with van der Waals surface area (Å²) in [6.07, 6.45) is 0.915. The van der Waals surface area contributed by atoms with E-state index in [2.05, 4.69) is 0 Å². The lowest BCUT2D eigenvalue weighted by Crippen LogP contribution is -2.07. The number of aliphatic carboxylic acids is 1. The van der Waals surface area contributed by atoms with E-state index in [1.54, 1.807) is 12.1 Å². The highest BCUT2D eigenvalue weighted by molar-refractivity contribution is 5.83. The van der Waals surface area contributed by atoms with E-state index in [1.165, 1.54) is 0 Å². The first-order chi connectivity index (χ1) is 7.63. The molecule has 4 nitrogen and oxygen atoms in total. The number of hydrogen-bond acceptors (Lipinski definition) is 3. The van der Waals surface area contributed by atoms with Crippen molar-refractivity contribution in [2.45, 2.75) is 19.8 Å². The smallest absolute Gasteiger partial charge is 0.307 e. The van der Waals surface area contributed by atoms with Crippen LogP contribution in [0.15, 0.2) is 12.1 Å². The van der Waals surface area contributed by atoms with E-state index in [4.69, 9.17) is 10.4 Å². The number of nitriles is 1. The summed E-state index contributed by atoms with van der Waals surface area (Å²) in [7, 11) is 0. The molecule has 82 valence electrons. The van der Waals surface area contributed by atoms with Crippen LogP contribution < -0.4 is 0 Å². The van der Waals surface area contributed by atoms with Crippen molar-refractivity contribution in [2.24, 2.45) is 0 Å². The lowest BCUT2D eigenvalue weighted by Gasteiger charge is -2.08. The Hall–Kier alpha value is -2.15. The van der Waals surface area contributed by atoms with Gasteiger partial charge in [0.05, 0.1) is 18.1 Å². The molecular formula is C12H11NO3. The third-order valence-corrected chi connectivity index (χ3v) is 2.38. The number of benzene rings is 1. The van der Waals surface area contributed by atoms with Crippen LogP contribution in [0, 0.1) is 11.3 Å². The van der Waals surface area contributed by atoms with E-state index in [-0.39, 0.29) is 12.0 Å². The van der Waals surface area contributed by atoms with Crippen LogP contribution in [0.2, 0.25) is 0 Å². The molecule has 1 N–H and O–H groups in total. The molecule has 0 saturated carbocycles. The number of rotatable bonds is 4. The van der Waals surface area contributed by atoms with Crippen molar-refractivity contribution in [1.29, 1.82) is 5.26 Å². The molecule has 0 atom stereocenters. The third-order valence-electron chi connectivity index (χ3n) is 2.38. The summed E-state index contributed by atoms with van der Waals surface area (Å²) in [5.74, 6) is -1.05. The van der Waals surface area contributed by atoms with Crippen LogP contribution in [0.25, 0.3) is 0 Å². The van der Waals surface area contributed by atoms with E-state index >= 15 is 0 Å². The van der Waals surface area contributed by atoms with Crippen molar-refractivity contribution in [2.75, 3.05) is 0 Å². The Morgan fingerprint density at radius 3 is 2.69 bits per heavy atom. The van der Waals surface area contributed by atoms with Crippen LogP contribution in [0.3, 0.4) is 0 Å². The fraction of sp³-hybridized carbons (Fsp3) is 0.250. The van der Waals surface area contributed by atoms with Gasteiger partial charge in [-0.25, -0.2) is 0 Å². The highest BCUT2D eigenvalue weighted by Crippen LogP contribution is 2.19. The van der Waals surface area contributed by atoms with Gasteiger partial charge in [-0.1, -0.05) is 19.1 Å². The second-order valence-electron chi connectivity index (χ2n) is 3.32. The Morgan fingerprint density at radius 2 is 2.25 bits per heavy atom. The second-order valence-corrected chi connectivity index (χ2v) is 3.32. The van der Waals surface area contributed by atoms with Gasteiger partial charge in [0.2, 0.25) is 0 Å². The van der Waals surface area contributed by atoms with Gasteiger partial charge in [-0.2, -0.15) is 5.26 Å². The molecule has 0 fully saturated rings. The Balaban J connectivity index is 3.43. The maximum Gasteiger partial charge on any atom is 0.307 e. The van der Waals surface area contributed by atoms with Crippen molar-refractivity contribution in [3.05, 3.63) is 34.4 Å². The van der Waals surface area contributed by atoms with Crippen LogP contribution >= 0.6 is 0 Å². The van der Waals surface area contributed by atoms with Crippen molar-refractivity contribution < 1.29 is 14.7 Å². The Labute approximate surface area is 93.1 Å². The number of nitrogens with zero attached hydrogens (tertiary/aromatic N) is 1. The number of carboxylic acid groups (broad SMARTS) is 1. The second kappa shape index (κ2) is 5.08. The zero-order valence-corrected chi connectivity index (χ0v) is 8.86. The lowest BCUT2D eigenvalue weighted by molar-refractivity contribution is -0.136. The molecule has 0 unspecified atom stereocenters. The summed E-state index contributed by atoms with van der Waals surface area (Å²) >= 11 is 0. The molecule has 0 aliphatic heterocycles. The molecule has 1 aromatic carbocycles. The SMILES string of the molecule is CCc1ccc(C=O)c(CC(=O)O)c1C#N. The van der Waals surface area contributed by atoms with Crippen molar-refractivity contribution >= 4 is 12.3 Å². The van der Waals surface area contributed by atoms with Crippen LogP contribution in [-0.4, -0.2) is 17.4 Å². The summed E-state index contributed by atoms with van der Waals surface area (Å²) < 4.78 is 0. The van der Waals surface area contributed by atoms with E-state index in [0.717, 1.165) is 5.56 Å². The normalized spacial score (nSPS) is 9.50. The van der Waals surface area contributed by atoms with Gasteiger partial charge in [-0.05, 0) is 17.5 Å². The molecule has 0 bridgehead atoms. The minimum Gasteiger partial charge on any atom is -0.481 e.